The molecular weight excluding hydrogens is 214 g/mol. The van der Waals surface area contributed by atoms with Crippen molar-refractivity contribution in [1.29, 1.82) is 0 Å². The third kappa shape index (κ3) is 2.50. The van der Waals surface area contributed by atoms with Crippen molar-refractivity contribution >= 4 is 5.96 Å². The highest BCUT2D eigenvalue weighted by atomic mass is 15.4. The molecule has 17 heavy (non-hydrogen) atoms. The minimum atomic E-state index is 0.224. The van der Waals surface area contributed by atoms with E-state index in [1.54, 1.807) is 0 Å². The van der Waals surface area contributed by atoms with Crippen molar-refractivity contribution in [2.45, 2.75) is 6.04 Å². The molecule has 0 aromatic heterocycles. The van der Waals surface area contributed by atoms with Crippen LogP contribution in [0.1, 0.15) is 11.6 Å². The van der Waals surface area contributed by atoms with Crippen molar-refractivity contribution < 1.29 is 0 Å². The molecule has 5 nitrogen and oxygen atoms in total. The first kappa shape index (κ1) is 11.7. The van der Waals surface area contributed by atoms with Gasteiger partial charge in [-0.05, 0) is 12.6 Å². The molecule has 1 fully saturated rings. The number of piperazine rings is 1. The van der Waals surface area contributed by atoms with Crippen molar-refractivity contribution in [2.75, 3.05) is 26.7 Å². The van der Waals surface area contributed by atoms with Crippen LogP contribution in [0.2, 0.25) is 0 Å². The van der Waals surface area contributed by atoms with Gasteiger partial charge in [0.05, 0.1) is 6.04 Å². The summed E-state index contributed by atoms with van der Waals surface area (Å²) in [5.41, 5.74) is 7.09. The second kappa shape index (κ2) is 5.05. The fraction of sp³-hybridized carbons (Fsp3) is 0.417. The Hall–Kier alpha value is -1.75. The Labute approximate surface area is 102 Å². The second-order valence-electron chi connectivity index (χ2n) is 4.37. The number of benzene rings is 1. The van der Waals surface area contributed by atoms with Crippen LogP contribution < -0.4 is 11.6 Å². The normalized spacial score (nSPS) is 22.8. The first-order valence-electron chi connectivity index (χ1n) is 5.76. The van der Waals surface area contributed by atoms with Gasteiger partial charge < -0.3 is 21.4 Å². The summed E-state index contributed by atoms with van der Waals surface area (Å²) in [6, 6.07) is 10.5. The number of likely N-dealkylation sites (N-methyl/N-ethyl adjacent to an activating group) is 1. The smallest absolute Gasteiger partial charge is 0.214 e. The maximum absolute atomic E-state index is 5.85. The molecule has 0 amide bonds. The Morgan fingerprint density at radius 2 is 2.00 bits per heavy atom. The number of nitrogens with two attached hydrogens (primary N) is 2. The maximum atomic E-state index is 5.85. The van der Waals surface area contributed by atoms with Crippen LogP contribution in [-0.2, 0) is 0 Å². The largest absolute Gasteiger partial charge is 0.368 e. The van der Waals surface area contributed by atoms with Gasteiger partial charge in [0.15, 0.2) is 0 Å². The van der Waals surface area contributed by atoms with Gasteiger partial charge in [-0.25, -0.2) is 0 Å². The van der Waals surface area contributed by atoms with E-state index < -0.39 is 0 Å². The quantitative estimate of drug-likeness (QED) is 0.314. The minimum absolute atomic E-state index is 0.224. The molecule has 0 aliphatic carbocycles. The van der Waals surface area contributed by atoms with Crippen LogP contribution >= 0.6 is 0 Å². The summed E-state index contributed by atoms with van der Waals surface area (Å²) in [5, 5.41) is 3.61. The first-order chi connectivity index (χ1) is 8.22. The van der Waals surface area contributed by atoms with Gasteiger partial charge in [0.25, 0.3) is 0 Å². The van der Waals surface area contributed by atoms with Crippen LogP contribution in [0.25, 0.3) is 0 Å². The topological polar surface area (TPSA) is 70.9 Å². The van der Waals surface area contributed by atoms with E-state index in [1.165, 1.54) is 5.56 Å². The predicted molar refractivity (Wildman–Crippen MR) is 69.2 cm³/mol. The van der Waals surface area contributed by atoms with Gasteiger partial charge in [0.1, 0.15) is 0 Å². The van der Waals surface area contributed by atoms with E-state index >= 15 is 0 Å². The molecule has 1 heterocycles. The van der Waals surface area contributed by atoms with Crippen molar-refractivity contribution in [3.8, 4) is 0 Å². The molecule has 1 atom stereocenters. The van der Waals surface area contributed by atoms with Crippen LogP contribution in [0, 0.1) is 0 Å². The summed E-state index contributed by atoms with van der Waals surface area (Å²) in [6.45, 7) is 2.75. The first-order valence-corrected chi connectivity index (χ1v) is 5.76. The average molecular weight is 233 g/mol. The van der Waals surface area contributed by atoms with Gasteiger partial charge in [-0.3, -0.25) is 0 Å². The fourth-order valence-electron chi connectivity index (χ4n) is 2.23. The molecular formula is C12H19N5. The standard InChI is InChI=1S/C12H19N5/c1-16-7-8-17(12(13)15-14)11(9-16)10-5-3-2-4-6-10/h2-6,11H,7-9,14H2,1H3,(H2,13,15). The molecule has 0 saturated carbocycles. The third-order valence-corrected chi connectivity index (χ3v) is 3.19. The van der Waals surface area contributed by atoms with E-state index in [4.69, 9.17) is 11.6 Å². The van der Waals surface area contributed by atoms with Crippen molar-refractivity contribution in [3.05, 3.63) is 35.9 Å². The molecule has 1 aromatic carbocycles. The lowest BCUT2D eigenvalue weighted by Gasteiger charge is -2.40. The molecule has 1 aliphatic heterocycles. The molecule has 2 rings (SSSR count). The molecule has 1 aromatic rings. The van der Waals surface area contributed by atoms with E-state index in [0.717, 1.165) is 19.6 Å². The summed E-state index contributed by atoms with van der Waals surface area (Å²) in [6.07, 6.45) is 0. The summed E-state index contributed by atoms with van der Waals surface area (Å²) in [4.78, 5) is 4.35. The lowest BCUT2D eigenvalue weighted by atomic mass is 10.0. The van der Waals surface area contributed by atoms with Crippen molar-refractivity contribution in [3.63, 3.8) is 0 Å². The second-order valence-corrected chi connectivity index (χ2v) is 4.37. The van der Waals surface area contributed by atoms with E-state index in [0.29, 0.717) is 5.96 Å². The minimum Gasteiger partial charge on any atom is -0.368 e. The number of nitrogens with zero attached hydrogens (tertiary/aromatic N) is 3. The number of rotatable bonds is 1. The van der Waals surface area contributed by atoms with E-state index in [9.17, 15) is 0 Å². The molecule has 92 valence electrons. The molecule has 5 heteroatoms. The summed E-state index contributed by atoms with van der Waals surface area (Å²) < 4.78 is 0. The number of hydrazone groups is 1. The molecule has 0 spiro atoms. The van der Waals surface area contributed by atoms with Crippen LogP contribution in [0.15, 0.2) is 35.4 Å². The summed E-state index contributed by atoms with van der Waals surface area (Å²) in [7, 11) is 2.11. The Morgan fingerprint density at radius 1 is 1.29 bits per heavy atom. The fourth-order valence-corrected chi connectivity index (χ4v) is 2.23. The van der Waals surface area contributed by atoms with E-state index in [-0.39, 0.29) is 6.04 Å². The van der Waals surface area contributed by atoms with Crippen molar-refractivity contribution in [2.24, 2.45) is 16.7 Å². The Morgan fingerprint density at radius 3 is 2.65 bits per heavy atom. The highest BCUT2D eigenvalue weighted by molar-refractivity contribution is 5.78. The zero-order valence-corrected chi connectivity index (χ0v) is 10.1. The van der Waals surface area contributed by atoms with Gasteiger partial charge in [-0.1, -0.05) is 30.3 Å². The average Bonchev–Trinajstić information content (AvgIpc) is 2.39. The third-order valence-electron chi connectivity index (χ3n) is 3.19. The van der Waals surface area contributed by atoms with Crippen molar-refractivity contribution in [1.82, 2.24) is 9.80 Å². The summed E-state index contributed by atoms with van der Waals surface area (Å²) >= 11 is 0. The molecule has 4 N–H and O–H groups in total. The number of guanidine groups is 1. The Bertz CT molecular complexity index is 389. The number of hydrogen-bond acceptors (Lipinski definition) is 3. The zero-order chi connectivity index (χ0) is 12.3. The molecule has 1 saturated heterocycles. The highest BCUT2D eigenvalue weighted by Gasteiger charge is 2.27. The lowest BCUT2D eigenvalue weighted by Crippen LogP contribution is -2.52. The molecule has 0 bridgehead atoms. The molecule has 1 unspecified atom stereocenters. The van der Waals surface area contributed by atoms with Crippen LogP contribution in [0.3, 0.4) is 0 Å². The van der Waals surface area contributed by atoms with Gasteiger partial charge >= 0.3 is 0 Å². The predicted octanol–water partition coefficient (Wildman–Crippen LogP) is 0.164. The summed E-state index contributed by atoms with van der Waals surface area (Å²) in [5.74, 6) is 5.69. The Kier molecular flexibility index (Phi) is 3.49. The Balaban J connectivity index is 2.26. The van der Waals surface area contributed by atoms with Gasteiger partial charge in [-0.15, -0.1) is 5.10 Å². The van der Waals surface area contributed by atoms with E-state index in [2.05, 4.69) is 34.1 Å². The van der Waals surface area contributed by atoms with E-state index in [1.807, 2.05) is 18.2 Å². The molecule has 0 radical (unpaired) electrons. The van der Waals surface area contributed by atoms with Gasteiger partial charge in [0, 0.05) is 19.6 Å². The lowest BCUT2D eigenvalue weighted by molar-refractivity contribution is 0.150. The SMILES string of the molecule is CN1CCN(C(N)=NN)C(c2ccccc2)C1. The van der Waals surface area contributed by atoms with Crippen LogP contribution in [0.5, 0.6) is 0 Å². The van der Waals surface area contributed by atoms with Crippen LogP contribution in [0.4, 0.5) is 0 Å². The van der Waals surface area contributed by atoms with Crippen LogP contribution in [-0.4, -0.2) is 42.4 Å². The zero-order valence-electron chi connectivity index (χ0n) is 10.1. The monoisotopic (exact) mass is 233 g/mol. The van der Waals surface area contributed by atoms with Gasteiger partial charge in [0.2, 0.25) is 5.96 Å². The maximum Gasteiger partial charge on any atom is 0.214 e. The molecule has 1 aliphatic rings. The van der Waals surface area contributed by atoms with Gasteiger partial charge in [-0.2, -0.15) is 0 Å². The highest BCUT2D eigenvalue weighted by Crippen LogP contribution is 2.24. The number of hydrogen-bond donors (Lipinski definition) is 2.